The molecule has 6 aromatic carbocycles. The molecule has 0 N–H and O–H groups in total. The Hall–Kier alpha value is -6.59. The van der Waals surface area contributed by atoms with Gasteiger partial charge in [0.1, 0.15) is 22.3 Å². The number of fused-ring (bicyclic) bond motifs is 6. The van der Waals surface area contributed by atoms with Crippen LogP contribution in [0.25, 0.3) is 88.9 Å². The summed E-state index contributed by atoms with van der Waals surface area (Å²) in [4.78, 5) is 15.5. The maximum Gasteiger partial charge on any atom is 0.164 e. The molecule has 236 valence electrons. The number of allylic oxidation sites excluding steroid dienone is 4. The van der Waals surface area contributed by atoms with Crippen LogP contribution in [0.3, 0.4) is 0 Å². The van der Waals surface area contributed by atoms with E-state index in [1.165, 1.54) is 11.1 Å². The maximum atomic E-state index is 6.47. The average molecular weight is 644 g/mol. The van der Waals surface area contributed by atoms with Crippen LogP contribution in [0.1, 0.15) is 24.2 Å². The molecule has 50 heavy (non-hydrogen) atoms. The zero-order chi connectivity index (χ0) is 33.0. The Bertz CT molecular complexity index is 2810. The second kappa shape index (κ2) is 11.5. The molecule has 1 aliphatic carbocycles. The van der Waals surface area contributed by atoms with Crippen LogP contribution in [0.4, 0.5) is 0 Å². The minimum atomic E-state index is 0.596. The van der Waals surface area contributed by atoms with Crippen molar-refractivity contribution in [3.05, 3.63) is 163 Å². The molecule has 0 saturated carbocycles. The number of aromatic nitrogens is 3. The molecular weight excluding hydrogens is 615 g/mol. The number of benzene rings is 6. The van der Waals surface area contributed by atoms with E-state index in [1.54, 1.807) is 0 Å². The third-order valence-electron chi connectivity index (χ3n) is 9.70. The zero-order valence-corrected chi connectivity index (χ0v) is 27.0. The van der Waals surface area contributed by atoms with Gasteiger partial charge >= 0.3 is 0 Å². The lowest BCUT2D eigenvalue weighted by Gasteiger charge is -2.16. The molecule has 10 rings (SSSR count). The lowest BCUT2D eigenvalue weighted by Crippen LogP contribution is -2.04. The van der Waals surface area contributed by atoms with Crippen molar-refractivity contribution in [2.45, 2.75) is 12.8 Å². The Labute approximate surface area is 287 Å². The largest absolute Gasteiger partial charge is 0.456 e. The molecule has 1 aliphatic rings. The lowest BCUT2D eigenvalue weighted by atomic mass is 9.93. The number of nitrogens with zero attached hydrogens (tertiary/aromatic N) is 3. The lowest BCUT2D eigenvalue weighted by molar-refractivity contribution is 0.668. The summed E-state index contributed by atoms with van der Waals surface area (Å²) in [7, 11) is 0. The van der Waals surface area contributed by atoms with Crippen molar-refractivity contribution >= 4 is 55.0 Å². The highest BCUT2D eigenvalue weighted by atomic mass is 16.3. The van der Waals surface area contributed by atoms with E-state index in [9.17, 15) is 0 Å². The quantitative estimate of drug-likeness (QED) is 0.187. The van der Waals surface area contributed by atoms with Crippen molar-refractivity contribution in [3.8, 4) is 33.9 Å². The van der Waals surface area contributed by atoms with Gasteiger partial charge in [0, 0.05) is 32.7 Å². The monoisotopic (exact) mass is 643 g/mol. The van der Waals surface area contributed by atoms with E-state index in [-0.39, 0.29) is 0 Å². The number of rotatable bonds is 5. The van der Waals surface area contributed by atoms with Gasteiger partial charge in [-0.3, -0.25) is 0 Å². The minimum Gasteiger partial charge on any atom is -0.456 e. The van der Waals surface area contributed by atoms with Crippen LogP contribution in [-0.4, -0.2) is 15.0 Å². The first-order valence-electron chi connectivity index (χ1n) is 16.9. The third-order valence-corrected chi connectivity index (χ3v) is 9.70. The Morgan fingerprint density at radius 3 is 1.74 bits per heavy atom. The molecule has 0 atom stereocenters. The van der Waals surface area contributed by atoms with Crippen LogP contribution in [0.15, 0.2) is 161 Å². The predicted molar refractivity (Wildman–Crippen MR) is 202 cm³/mol. The molecule has 0 spiro atoms. The number of hydrogen-bond donors (Lipinski definition) is 0. The van der Waals surface area contributed by atoms with Crippen molar-refractivity contribution in [2.75, 3.05) is 0 Å². The van der Waals surface area contributed by atoms with E-state index in [2.05, 4.69) is 97.1 Å². The average Bonchev–Trinajstić information content (AvgIpc) is 3.77. The predicted octanol–water partition coefficient (Wildman–Crippen LogP) is 11.9. The Kier molecular flexibility index (Phi) is 6.56. The molecule has 0 amide bonds. The van der Waals surface area contributed by atoms with Gasteiger partial charge in [0.25, 0.3) is 0 Å². The molecule has 5 nitrogen and oxygen atoms in total. The number of para-hydroxylation sites is 1. The van der Waals surface area contributed by atoms with E-state index in [0.717, 1.165) is 84.5 Å². The van der Waals surface area contributed by atoms with Crippen molar-refractivity contribution in [2.24, 2.45) is 0 Å². The third kappa shape index (κ3) is 4.74. The van der Waals surface area contributed by atoms with Crippen LogP contribution in [-0.2, 0) is 0 Å². The highest BCUT2D eigenvalue weighted by molar-refractivity contribution is 6.17. The SMILES string of the molecule is C1=C(c2ccccc2)CCC(c2nc(-c3ccc4c(c3)oc3ccccc34)nc(-c3cccc4oc5cccc(-c6ccccc6)c5c34)n2)=C1. The molecule has 9 aromatic rings. The summed E-state index contributed by atoms with van der Waals surface area (Å²) >= 11 is 0. The fraction of sp³-hybridized carbons (Fsp3) is 0.0444. The molecule has 0 bridgehead atoms. The second-order valence-electron chi connectivity index (χ2n) is 12.7. The molecule has 0 unspecified atom stereocenters. The Morgan fingerprint density at radius 2 is 0.960 bits per heavy atom. The molecule has 3 aromatic heterocycles. The van der Waals surface area contributed by atoms with E-state index in [4.69, 9.17) is 23.8 Å². The Balaban J connectivity index is 1.19. The summed E-state index contributed by atoms with van der Waals surface area (Å²) in [5.74, 6) is 1.87. The van der Waals surface area contributed by atoms with Gasteiger partial charge in [-0.25, -0.2) is 15.0 Å². The number of furan rings is 2. The molecular formula is C45H29N3O2. The topological polar surface area (TPSA) is 65.0 Å². The van der Waals surface area contributed by atoms with Crippen molar-refractivity contribution in [1.29, 1.82) is 0 Å². The minimum absolute atomic E-state index is 0.596. The summed E-state index contributed by atoms with van der Waals surface area (Å²) < 4.78 is 12.7. The van der Waals surface area contributed by atoms with Crippen LogP contribution in [0.5, 0.6) is 0 Å². The molecule has 5 heteroatoms. The maximum absolute atomic E-state index is 6.47. The summed E-state index contributed by atoms with van der Waals surface area (Å²) in [6.07, 6.45) is 6.09. The van der Waals surface area contributed by atoms with Crippen LogP contribution >= 0.6 is 0 Å². The van der Waals surface area contributed by atoms with Crippen molar-refractivity contribution < 1.29 is 8.83 Å². The molecule has 3 heterocycles. The van der Waals surface area contributed by atoms with Gasteiger partial charge in [0.2, 0.25) is 0 Å². The summed E-state index contributed by atoms with van der Waals surface area (Å²) in [5, 5.41) is 4.19. The molecule has 0 saturated heterocycles. The van der Waals surface area contributed by atoms with Gasteiger partial charge in [-0.05, 0) is 71.0 Å². The Morgan fingerprint density at radius 1 is 0.380 bits per heavy atom. The van der Waals surface area contributed by atoms with Gasteiger partial charge in [0.15, 0.2) is 17.5 Å². The van der Waals surface area contributed by atoms with Gasteiger partial charge in [-0.2, -0.15) is 0 Å². The smallest absolute Gasteiger partial charge is 0.164 e. The first-order chi connectivity index (χ1) is 24.8. The summed E-state index contributed by atoms with van der Waals surface area (Å²) in [6, 6.07) is 47.7. The molecule has 0 radical (unpaired) electrons. The highest BCUT2D eigenvalue weighted by Gasteiger charge is 2.21. The van der Waals surface area contributed by atoms with Crippen molar-refractivity contribution in [1.82, 2.24) is 15.0 Å². The normalized spacial score (nSPS) is 13.3. The first-order valence-corrected chi connectivity index (χ1v) is 16.9. The van der Waals surface area contributed by atoms with Gasteiger partial charge < -0.3 is 8.83 Å². The van der Waals surface area contributed by atoms with Crippen LogP contribution in [0.2, 0.25) is 0 Å². The van der Waals surface area contributed by atoms with Gasteiger partial charge in [0.05, 0.1) is 0 Å². The van der Waals surface area contributed by atoms with Crippen molar-refractivity contribution in [3.63, 3.8) is 0 Å². The van der Waals surface area contributed by atoms with Crippen LogP contribution in [0, 0.1) is 0 Å². The van der Waals surface area contributed by atoms with E-state index in [0.29, 0.717) is 17.5 Å². The fourth-order valence-corrected chi connectivity index (χ4v) is 7.26. The highest BCUT2D eigenvalue weighted by Crippen LogP contribution is 2.42. The zero-order valence-electron chi connectivity index (χ0n) is 27.0. The fourth-order valence-electron chi connectivity index (χ4n) is 7.26. The first kappa shape index (κ1) is 28.4. The molecule has 0 aliphatic heterocycles. The van der Waals surface area contributed by atoms with Gasteiger partial charge in [-0.1, -0.05) is 121 Å². The van der Waals surface area contributed by atoms with Crippen LogP contribution < -0.4 is 0 Å². The van der Waals surface area contributed by atoms with E-state index >= 15 is 0 Å². The second-order valence-corrected chi connectivity index (χ2v) is 12.7. The summed E-state index contributed by atoms with van der Waals surface area (Å²) in [5.41, 5.74) is 10.9. The standard InChI is InChI=1S/C45H29N3O2/c1-3-11-28(12-4-1)29-21-23-31(24-22-29)43-46-44(32-25-26-35-34-15-7-8-18-37(34)49-40(35)27-32)48-45(47-43)36-17-10-20-39-42(36)41-33(16-9-19-38(41)50-39)30-13-5-2-6-14-30/h1-21,23,25-27H,22,24H2. The van der Waals surface area contributed by atoms with E-state index < -0.39 is 0 Å². The summed E-state index contributed by atoms with van der Waals surface area (Å²) in [6.45, 7) is 0. The number of hydrogen-bond acceptors (Lipinski definition) is 5. The van der Waals surface area contributed by atoms with Gasteiger partial charge in [-0.15, -0.1) is 0 Å². The van der Waals surface area contributed by atoms with E-state index in [1.807, 2.05) is 54.6 Å². The molecule has 0 fully saturated rings.